The van der Waals surface area contributed by atoms with Gasteiger partial charge < -0.3 is 9.88 Å². The van der Waals surface area contributed by atoms with Crippen molar-refractivity contribution in [2.45, 2.75) is 25.7 Å². The summed E-state index contributed by atoms with van der Waals surface area (Å²) >= 11 is 0. The molecule has 6 nitrogen and oxygen atoms in total. The molecule has 22 heavy (non-hydrogen) atoms. The highest BCUT2D eigenvalue weighted by Crippen LogP contribution is 2.25. The number of piperidine rings is 1. The highest BCUT2D eigenvalue weighted by Gasteiger charge is 2.27. The van der Waals surface area contributed by atoms with Gasteiger partial charge in [0.1, 0.15) is 5.82 Å². The van der Waals surface area contributed by atoms with E-state index >= 15 is 0 Å². The summed E-state index contributed by atoms with van der Waals surface area (Å²) in [7, 11) is 0. The van der Waals surface area contributed by atoms with Crippen molar-refractivity contribution in [1.82, 2.24) is 19.9 Å². The fourth-order valence-corrected chi connectivity index (χ4v) is 2.85. The van der Waals surface area contributed by atoms with Gasteiger partial charge in [-0.2, -0.15) is 0 Å². The van der Waals surface area contributed by atoms with Crippen LogP contribution in [0.2, 0.25) is 0 Å². The first-order valence-electron chi connectivity index (χ1n) is 7.40. The van der Waals surface area contributed by atoms with Crippen molar-refractivity contribution < 1.29 is 4.79 Å². The SMILES string of the molecule is Cc1cc(=O)[nH]c(C2CCCN(C(=O)c3cccnc3)C2)n1. The summed E-state index contributed by atoms with van der Waals surface area (Å²) in [6.45, 7) is 3.10. The van der Waals surface area contributed by atoms with E-state index < -0.39 is 0 Å². The Morgan fingerprint density at radius 2 is 2.32 bits per heavy atom. The summed E-state index contributed by atoms with van der Waals surface area (Å²) in [6, 6.07) is 5.00. The first-order valence-corrected chi connectivity index (χ1v) is 7.40. The molecule has 1 fully saturated rings. The van der Waals surface area contributed by atoms with Crippen molar-refractivity contribution in [2.75, 3.05) is 13.1 Å². The average Bonchev–Trinajstić information content (AvgIpc) is 2.54. The normalized spacial score (nSPS) is 18.2. The number of nitrogens with zero attached hydrogens (tertiary/aromatic N) is 3. The Bertz CT molecular complexity index is 726. The maximum absolute atomic E-state index is 12.5. The summed E-state index contributed by atoms with van der Waals surface area (Å²) in [4.78, 5) is 37.1. The number of aryl methyl sites for hydroxylation is 1. The van der Waals surface area contributed by atoms with E-state index in [-0.39, 0.29) is 17.4 Å². The average molecular weight is 298 g/mol. The summed E-state index contributed by atoms with van der Waals surface area (Å²) < 4.78 is 0. The molecule has 0 saturated carbocycles. The fraction of sp³-hybridized carbons (Fsp3) is 0.375. The highest BCUT2D eigenvalue weighted by atomic mass is 16.2. The first kappa shape index (κ1) is 14.4. The fourth-order valence-electron chi connectivity index (χ4n) is 2.85. The van der Waals surface area contributed by atoms with Gasteiger partial charge in [0.2, 0.25) is 0 Å². The minimum absolute atomic E-state index is 0.0206. The molecular formula is C16H18N4O2. The zero-order chi connectivity index (χ0) is 15.5. The molecule has 1 N–H and O–H groups in total. The minimum atomic E-state index is -0.141. The second-order valence-corrected chi connectivity index (χ2v) is 5.60. The summed E-state index contributed by atoms with van der Waals surface area (Å²) in [6.07, 6.45) is 5.05. The topological polar surface area (TPSA) is 79.0 Å². The van der Waals surface area contributed by atoms with Gasteiger partial charge >= 0.3 is 0 Å². The molecule has 1 saturated heterocycles. The molecule has 1 unspecified atom stereocenters. The Kier molecular flexibility index (Phi) is 4.00. The largest absolute Gasteiger partial charge is 0.338 e. The van der Waals surface area contributed by atoms with Crippen molar-refractivity contribution in [1.29, 1.82) is 0 Å². The van der Waals surface area contributed by atoms with Gasteiger partial charge in [-0.15, -0.1) is 0 Å². The second kappa shape index (κ2) is 6.09. The molecule has 0 radical (unpaired) electrons. The number of rotatable bonds is 2. The van der Waals surface area contributed by atoms with Crippen LogP contribution < -0.4 is 5.56 Å². The molecule has 0 aromatic carbocycles. The van der Waals surface area contributed by atoms with Crippen molar-refractivity contribution >= 4 is 5.91 Å². The number of hydrogen-bond donors (Lipinski definition) is 1. The Hall–Kier alpha value is -2.50. The number of likely N-dealkylation sites (tertiary alicyclic amines) is 1. The lowest BCUT2D eigenvalue weighted by atomic mass is 9.96. The third-order valence-electron chi connectivity index (χ3n) is 3.89. The van der Waals surface area contributed by atoms with E-state index in [0.29, 0.717) is 23.6 Å². The predicted octanol–water partition coefficient (Wildman–Crippen LogP) is 1.49. The van der Waals surface area contributed by atoms with Crippen LogP contribution >= 0.6 is 0 Å². The quantitative estimate of drug-likeness (QED) is 0.911. The molecule has 0 spiro atoms. The van der Waals surface area contributed by atoms with Crippen LogP contribution in [0.3, 0.4) is 0 Å². The van der Waals surface area contributed by atoms with Gasteiger partial charge in [0, 0.05) is 43.2 Å². The minimum Gasteiger partial charge on any atom is -0.338 e. The van der Waals surface area contributed by atoms with Crippen LogP contribution in [0.1, 0.15) is 40.6 Å². The smallest absolute Gasteiger partial charge is 0.255 e. The van der Waals surface area contributed by atoms with Crippen molar-refractivity contribution in [3.05, 3.63) is 58.0 Å². The predicted molar refractivity (Wildman–Crippen MR) is 81.7 cm³/mol. The van der Waals surface area contributed by atoms with Gasteiger partial charge in [-0.3, -0.25) is 14.6 Å². The monoisotopic (exact) mass is 298 g/mol. The van der Waals surface area contributed by atoms with Crippen LogP contribution in [-0.2, 0) is 0 Å². The van der Waals surface area contributed by atoms with Gasteiger partial charge in [-0.1, -0.05) is 0 Å². The number of pyridine rings is 1. The van der Waals surface area contributed by atoms with Crippen LogP contribution in [0, 0.1) is 6.92 Å². The number of aromatic amines is 1. The Labute approximate surface area is 128 Å². The standard InChI is InChI=1S/C16H18N4O2/c1-11-8-14(21)19-15(18-11)13-5-3-7-20(10-13)16(22)12-4-2-6-17-9-12/h2,4,6,8-9,13H,3,5,7,10H2,1H3,(H,18,19,21). The van der Waals surface area contributed by atoms with Crippen molar-refractivity contribution in [3.63, 3.8) is 0 Å². The lowest BCUT2D eigenvalue weighted by Gasteiger charge is -2.32. The number of hydrogen-bond acceptors (Lipinski definition) is 4. The van der Waals surface area contributed by atoms with Crippen LogP contribution in [0.15, 0.2) is 35.4 Å². The van der Waals surface area contributed by atoms with E-state index in [0.717, 1.165) is 19.4 Å². The second-order valence-electron chi connectivity index (χ2n) is 5.60. The molecule has 1 aliphatic heterocycles. The Morgan fingerprint density at radius 1 is 1.45 bits per heavy atom. The van der Waals surface area contributed by atoms with Crippen LogP contribution in [-0.4, -0.2) is 38.8 Å². The van der Waals surface area contributed by atoms with Gasteiger partial charge in [0.05, 0.1) is 5.56 Å². The molecule has 1 aliphatic rings. The number of carbonyl (C=O) groups is 1. The zero-order valence-electron chi connectivity index (χ0n) is 12.5. The van der Waals surface area contributed by atoms with E-state index in [4.69, 9.17) is 0 Å². The third-order valence-corrected chi connectivity index (χ3v) is 3.89. The van der Waals surface area contributed by atoms with Crippen LogP contribution in [0.5, 0.6) is 0 Å². The van der Waals surface area contributed by atoms with Crippen LogP contribution in [0.25, 0.3) is 0 Å². The first-order chi connectivity index (χ1) is 10.6. The molecular weight excluding hydrogens is 280 g/mol. The maximum atomic E-state index is 12.5. The number of nitrogens with one attached hydrogen (secondary N) is 1. The number of carbonyl (C=O) groups excluding carboxylic acids is 1. The highest BCUT2D eigenvalue weighted by molar-refractivity contribution is 5.93. The molecule has 2 aromatic heterocycles. The number of aromatic nitrogens is 3. The molecule has 0 aliphatic carbocycles. The van der Waals surface area contributed by atoms with Gasteiger partial charge in [0.25, 0.3) is 11.5 Å². The molecule has 3 rings (SSSR count). The summed E-state index contributed by atoms with van der Waals surface area (Å²) in [5.74, 6) is 0.725. The number of H-pyrrole nitrogens is 1. The third kappa shape index (κ3) is 3.05. The summed E-state index contributed by atoms with van der Waals surface area (Å²) in [5.41, 5.74) is 1.15. The van der Waals surface area contributed by atoms with Gasteiger partial charge in [-0.05, 0) is 31.9 Å². The molecule has 1 amide bonds. The molecule has 3 heterocycles. The van der Waals surface area contributed by atoms with Gasteiger partial charge in [-0.25, -0.2) is 4.98 Å². The van der Waals surface area contributed by atoms with Crippen molar-refractivity contribution in [3.8, 4) is 0 Å². The van der Waals surface area contributed by atoms with E-state index in [9.17, 15) is 9.59 Å². The Balaban J connectivity index is 1.79. The molecule has 2 aromatic rings. The molecule has 0 bridgehead atoms. The van der Waals surface area contributed by atoms with E-state index in [1.54, 1.807) is 31.5 Å². The maximum Gasteiger partial charge on any atom is 0.255 e. The van der Waals surface area contributed by atoms with Crippen LogP contribution in [0.4, 0.5) is 0 Å². The molecule has 6 heteroatoms. The molecule has 114 valence electrons. The van der Waals surface area contributed by atoms with E-state index in [1.807, 2.05) is 4.90 Å². The zero-order valence-corrected chi connectivity index (χ0v) is 12.5. The number of amides is 1. The van der Waals surface area contributed by atoms with Gasteiger partial charge in [0.15, 0.2) is 0 Å². The molecule has 1 atom stereocenters. The lowest BCUT2D eigenvalue weighted by Crippen LogP contribution is -2.40. The lowest BCUT2D eigenvalue weighted by molar-refractivity contribution is 0.0704. The van der Waals surface area contributed by atoms with E-state index in [2.05, 4.69) is 15.0 Å². The Morgan fingerprint density at radius 3 is 3.05 bits per heavy atom. The van der Waals surface area contributed by atoms with Crippen molar-refractivity contribution in [2.24, 2.45) is 0 Å². The summed E-state index contributed by atoms with van der Waals surface area (Å²) in [5, 5.41) is 0. The van der Waals surface area contributed by atoms with E-state index in [1.165, 1.54) is 6.07 Å².